The third-order valence-corrected chi connectivity index (χ3v) is 11.1. The molecule has 5 rings (SSSR count). The smallest absolute Gasteiger partial charge is 0.407 e. The van der Waals surface area contributed by atoms with Gasteiger partial charge in [-0.05, 0) is 105 Å². The third kappa shape index (κ3) is 6.12. The number of fused-ring (bicyclic) bond motifs is 1. The number of ether oxygens (including phenoxy) is 1. The van der Waals surface area contributed by atoms with E-state index in [0.717, 1.165) is 61.9 Å². The van der Waals surface area contributed by atoms with Crippen LogP contribution in [0.4, 0.5) is 4.79 Å². The Morgan fingerprint density at radius 3 is 2.74 bits per heavy atom. The fourth-order valence-corrected chi connectivity index (χ4v) is 8.52. The Bertz CT molecular complexity index is 1200. The zero-order chi connectivity index (χ0) is 30.1. The van der Waals surface area contributed by atoms with Gasteiger partial charge in [-0.2, -0.15) is 4.98 Å². The number of carbonyl (C=O) groups excluding carboxylic acids is 1. The Balaban J connectivity index is 1.28. The highest BCUT2D eigenvalue weighted by molar-refractivity contribution is 5.67. The molecule has 0 aromatic carbocycles. The maximum atomic E-state index is 12.4. The number of aromatic nitrogens is 2. The van der Waals surface area contributed by atoms with E-state index >= 15 is 0 Å². The maximum Gasteiger partial charge on any atom is 0.407 e. The van der Waals surface area contributed by atoms with E-state index in [1.54, 1.807) is 7.05 Å². The van der Waals surface area contributed by atoms with E-state index in [9.17, 15) is 15.0 Å². The van der Waals surface area contributed by atoms with E-state index in [0.29, 0.717) is 36.5 Å². The Labute approximate surface area is 251 Å². The summed E-state index contributed by atoms with van der Waals surface area (Å²) in [5.74, 6) is 2.99. The average molecular weight is 582 g/mol. The van der Waals surface area contributed by atoms with Gasteiger partial charge in [0.1, 0.15) is 6.10 Å². The number of carbonyl (C=O) groups is 1. The van der Waals surface area contributed by atoms with Crippen LogP contribution in [0, 0.1) is 23.2 Å². The molecule has 1 amide bonds. The van der Waals surface area contributed by atoms with Crippen LogP contribution in [-0.4, -0.2) is 51.8 Å². The summed E-state index contributed by atoms with van der Waals surface area (Å²) in [6.07, 6.45) is 14.7. The molecule has 3 N–H and O–H groups in total. The van der Waals surface area contributed by atoms with E-state index in [1.165, 1.54) is 31.3 Å². The molecule has 0 bridgehead atoms. The predicted molar refractivity (Wildman–Crippen MR) is 162 cm³/mol. The van der Waals surface area contributed by atoms with Crippen LogP contribution in [0.15, 0.2) is 40.0 Å². The molecule has 0 spiro atoms. The molecule has 4 fully saturated rings. The van der Waals surface area contributed by atoms with Gasteiger partial charge >= 0.3 is 6.09 Å². The Morgan fingerprint density at radius 2 is 2.02 bits per heavy atom. The van der Waals surface area contributed by atoms with Crippen molar-refractivity contribution in [3.8, 4) is 0 Å². The summed E-state index contributed by atoms with van der Waals surface area (Å²) in [5.41, 5.74) is 3.10. The number of nitrogens with one attached hydrogen (secondary N) is 1. The monoisotopic (exact) mass is 581 g/mol. The van der Waals surface area contributed by atoms with Crippen LogP contribution in [-0.2, 0) is 16.6 Å². The first kappa shape index (κ1) is 31.0. The molecule has 1 aromatic rings. The van der Waals surface area contributed by atoms with Crippen LogP contribution in [0.5, 0.6) is 0 Å². The van der Waals surface area contributed by atoms with Crippen LogP contribution in [0.3, 0.4) is 0 Å². The van der Waals surface area contributed by atoms with Crippen molar-refractivity contribution in [2.24, 2.45) is 23.2 Å². The largest absolute Gasteiger partial charge is 0.445 e. The summed E-state index contributed by atoms with van der Waals surface area (Å²) in [5, 5.41) is 27.3. The van der Waals surface area contributed by atoms with Crippen molar-refractivity contribution in [3.63, 3.8) is 0 Å². The molecule has 232 valence electrons. The Hall–Kier alpha value is -2.45. The van der Waals surface area contributed by atoms with Gasteiger partial charge in [-0.25, -0.2) is 4.79 Å². The van der Waals surface area contributed by atoms with Gasteiger partial charge in [-0.15, -0.1) is 0 Å². The number of hydrogen-bond donors (Lipinski definition) is 3. The lowest BCUT2D eigenvalue weighted by Crippen LogP contribution is -2.38. The second-order valence-corrected chi connectivity index (χ2v) is 13.8. The van der Waals surface area contributed by atoms with Gasteiger partial charge in [0.15, 0.2) is 5.82 Å². The number of nitrogens with zero attached hydrogens (tertiary/aromatic N) is 2. The zero-order valence-electron chi connectivity index (χ0n) is 26.0. The summed E-state index contributed by atoms with van der Waals surface area (Å²) < 4.78 is 11.7. The standard InChI is InChI=1S/C34H51N3O5/c1-6-8-30-36-31(42-37-30)34(17-18-34)29(41-32(40)35-5)15-10-21(2)26-13-14-27-23(9-7-16-33(26,27)4)11-12-24-19-25(38)20-28(39)22(24)3/h11-12,21,25-29,38-39H,3,6-10,13-20H2,1-2,4-5H3,(H,35,40)/t21-,25-,26-,27+,28+,29-,33-/m1/s1. The molecule has 0 unspecified atom stereocenters. The van der Waals surface area contributed by atoms with Crippen molar-refractivity contribution in [1.29, 1.82) is 0 Å². The summed E-state index contributed by atoms with van der Waals surface area (Å²) in [7, 11) is 1.60. The van der Waals surface area contributed by atoms with Crippen LogP contribution in [0.1, 0.15) is 110 Å². The number of aliphatic hydroxyl groups is 2. The minimum Gasteiger partial charge on any atom is -0.445 e. The van der Waals surface area contributed by atoms with E-state index in [-0.39, 0.29) is 16.9 Å². The number of allylic oxidation sites excluding steroid dienone is 3. The highest BCUT2D eigenvalue weighted by atomic mass is 16.6. The molecule has 0 radical (unpaired) electrons. The van der Waals surface area contributed by atoms with Crippen molar-refractivity contribution in [3.05, 3.63) is 47.2 Å². The van der Waals surface area contributed by atoms with E-state index in [2.05, 4.69) is 50.0 Å². The van der Waals surface area contributed by atoms with E-state index in [1.807, 2.05) is 0 Å². The molecule has 4 aliphatic carbocycles. The third-order valence-electron chi connectivity index (χ3n) is 11.1. The number of aliphatic hydroxyl groups excluding tert-OH is 2. The maximum absolute atomic E-state index is 12.4. The number of hydrogen-bond acceptors (Lipinski definition) is 7. The minimum atomic E-state index is -0.657. The van der Waals surface area contributed by atoms with Gasteiger partial charge in [-0.3, -0.25) is 0 Å². The van der Waals surface area contributed by atoms with Crippen molar-refractivity contribution in [2.45, 2.75) is 128 Å². The summed E-state index contributed by atoms with van der Waals surface area (Å²) in [6, 6.07) is 0. The lowest BCUT2D eigenvalue weighted by molar-refractivity contribution is 0.0468. The highest BCUT2D eigenvalue weighted by Gasteiger charge is 2.57. The van der Waals surface area contributed by atoms with Crippen LogP contribution in [0.2, 0.25) is 0 Å². The zero-order valence-corrected chi connectivity index (χ0v) is 26.0. The second kappa shape index (κ2) is 12.7. The summed E-state index contributed by atoms with van der Waals surface area (Å²) >= 11 is 0. The van der Waals surface area contributed by atoms with Crippen LogP contribution in [0.25, 0.3) is 0 Å². The fraction of sp³-hybridized carbons (Fsp3) is 0.735. The lowest BCUT2D eigenvalue weighted by atomic mass is 9.60. The average Bonchev–Trinajstić information content (AvgIpc) is 3.49. The number of rotatable bonds is 10. The van der Waals surface area contributed by atoms with Gasteiger partial charge < -0.3 is 24.8 Å². The van der Waals surface area contributed by atoms with Crippen LogP contribution < -0.4 is 5.32 Å². The molecule has 8 nitrogen and oxygen atoms in total. The normalized spacial score (nSPS) is 33.8. The lowest BCUT2D eigenvalue weighted by Gasteiger charge is -2.44. The molecule has 1 heterocycles. The van der Waals surface area contributed by atoms with Gasteiger partial charge in [0, 0.05) is 19.9 Å². The Kier molecular flexibility index (Phi) is 9.33. The van der Waals surface area contributed by atoms with E-state index < -0.39 is 18.3 Å². The first-order valence-electron chi connectivity index (χ1n) is 16.3. The van der Waals surface area contributed by atoms with E-state index in [4.69, 9.17) is 14.2 Å². The second-order valence-electron chi connectivity index (χ2n) is 13.8. The molecule has 42 heavy (non-hydrogen) atoms. The van der Waals surface area contributed by atoms with Crippen molar-refractivity contribution in [1.82, 2.24) is 15.5 Å². The number of alkyl carbamates (subject to hydrolysis) is 1. The molecule has 0 saturated heterocycles. The van der Waals surface area contributed by atoms with Gasteiger partial charge in [0.05, 0.1) is 17.6 Å². The molecular formula is C34H51N3O5. The molecule has 0 aliphatic heterocycles. The first-order valence-corrected chi connectivity index (χ1v) is 16.3. The van der Waals surface area contributed by atoms with Crippen molar-refractivity contribution < 1.29 is 24.3 Å². The fourth-order valence-electron chi connectivity index (χ4n) is 8.52. The minimum absolute atomic E-state index is 0.237. The SMILES string of the molecule is C=C1C(=CC=C2CCC[C@]3(C)[C@@H]([C@H](C)CC[C@@H](OC(=O)NC)C4(c5nc(CCC)no5)CC4)CC[C@@H]23)C[C@@H](O)C[C@@H]1O. The number of aryl methyl sites for hydroxylation is 1. The topological polar surface area (TPSA) is 118 Å². The summed E-state index contributed by atoms with van der Waals surface area (Å²) in [6.45, 7) is 11.1. The Morgan fingerprint density at radius 1 is 1.24 bits per heavy atom. The molecular weight excluding hydrogens is 530 g/mol. The first-order chi connectivity index (χ1) is 20.1. The van der Waals surface area contributed by atoms with Gasteiger partial charge in [-0.1, -0.05) is 50.2 Å². The molecule has 4 saturated carbocycles. The predicted octanol–water partition coefficient (Wildman–Crippen LogP) is 6.34. The molecule has 1 aromatic heterocycles. The van der Waals surface area contributed by atoms with Crippen LogP contribution >= 0.6 is 0 Å². The van der Waals surface area contributed by atoms with Gasteiger partial charge in [0.25, 0.3) is 0 Å². The number of amides is 1. The van der Waals surface area contributed by atoms with Crippen molar-refractivity contribution in [2.75, 3.05) is 7.05 Å². The van der Waals surface area contributed by atoms with Crippen molar-refractivity contribution >= 4 is 6.09 Å². The highest BCUT2D eigenvalue weighted by Crippen LogP contribution is 2.60. The molecule has 7 atom stereocenters. The summed E-state index contributed by atoms with van der Waals surface area (Å²) in [4.78, 5) is 17.1. The molecule has 8 heteroatoms. The molecule has 4 aliphatic rings. The van der Waals surface area contributed by atoms with Gasteiger partial charge in [0.2, 0.25) is 5.89 Å². The quantitative estimate of drug-likeness (QED) is 0.295.